The van der Waals surface area contributed by atoms with Crippen LogP contribution >= 0.6 is 11.1 Å². The van der Waals surface area contributed by atoms with Crippen LogP contribution in [0.2, 0.25) is 32.2 Å². The van der Waals surface area contributed by atoms with Crippen LogP contribution in [-0.4, -0.2) is 15.5 Å². The number of hydrogen-bond acceptors (Lipinski definition) is 0. The maximum Gasteiger partial charge on any atom is 0.183 e. The van der Waals surface area contributed by atoms with E-state index in [4.69, 9.17) is 11.1 Å². The molecular weight excluding hydrogens is 440 g/mol. The van der Waals surface area contributed by atoms with Gasteiger partial charge >= 0.3 is 0 Å². The van der Waals surface area contributed by atoms with E-state index in [0.29, 0.717) is 0 Å². The Bertz CT molecular complexity index is 604. The SMILES string of the molecule is CCCCCCCCCCCCCCCCCC[Si](C)(Cl)c1cc(C)cc([Si](C)(C)C)c1. The van der Waals surface area contributed by atoms with E-state index in [1.807, 2.05) is 0 Å². The van der Waals surface area contributed by atoms with Crippen LogP contribution in [0.4, 0.5) is 0 Å². The number of rotatable bonds is 19. The molecule has 1 aromatic carbocycles. The lowest BCUT2D eigenvalue weighted by atomic mass is 10.0. The second-order valence-electron chi connectivity index (χ2n) is 11.6. The van der Waals surface area contributed by atoms with E-state index in [2.05, 4.69) is 58.2 Å². The topological polar surface area (TPSA) is 0 Å². The molecule has 0 radical (unpaired) electrons. The molecule has 0 saturated heterocycles. The highest BCUT2D eigenvalue weighted by Crippen LogP contribution is 2.21. The van der Waals surface area contributed by atoms with Gasteiger partial charge in [-0.15, -0.1) is 0 Å². The van der Waals surface area contributed by atoms with Crippen LogP contribution in [0.5, 0.6) is 0 Å². The van der Waals surface area contributed by atoms with E-state index in [1.54, 1.807) is 5.19 Å². The maximum atomic E-state index is 7.17. The van der Waals surface area contributed by atoms with Crippen LogP contribution < -0.4 is 10.4 Å². The Hall–Kier alpha value is -0.0562. The van der Waals surface area contributed by atoms with Gasteiger partial charge in [-0.1, -0.05) is 165 Å². The molecule has 0 N–H and O–H groups in total. The fourth-order valence-electron chi connectivity index (χ4n) is 4.67. The van der Waals surface area contributed by atoms with Gasteiger partial charge in [0.1, 0.15) is 0 Å². The molecule has 0 fully saturated rings. The standard InChI is InChI=1S/C29H55ClSi2/c1-7-8-9-10-11-12-13-14-15-16-17-18-19-20-21-22-23-32(6,30)29-25-27(2)24-28(26-29)31(3,4)5/h24-26H,7-23H2,1-6H3. The number of benzene rings is 1. The summed E-state index contributed by atoms with van der Waals surface area (Å²) >= 11 is 7.17. The van der Waals surface area contributed by atoms with Crippen molar-refractivity contribution in [3.8, 4) is 0 Å². The molecule has 1 atom stereocenters. The van der Waals surface area contributed by atoms with E-state index in [1.165, 1.54) is 120 Å². The minimum absolute atomic E-state index is 1.22. The molecule has 0 aliphatic carbocycles. The van der Waals surface area contributed by atoms with Crippen molar-refractivity contribution in [2.75, 3.05) is 0 Å². The molecule has 0 spiro atoms. The Morgan fingerprint density at radius 1 is 0.562 bits per heavy atom. The van der Waals surface area contributed by atoms with Gasteiger partial charge in [0.15, 0.2) is 7.38 Å². The molecule has 1 aromatic rings. The first-order valence-corrected chi connectivity index (χ1v) is 21.2. The van der Waals surface area contributed by atoms with E-state index in [-0.39, 0.29) is 0 Å². The molecule has 0 aromatic heterocycles. The molecule has 3 heteroatoms. The van der Waals surface area contributed by atoms with Crippen LogP contribution in [-0.2, 0) is 0 Å². The highest BCUT2D eigenvalue weighted by molar-refractivity contribution is 7.26. The normalized spacial score (nSPS) is 14.0. The van der Waals surface area contributed by atoms with E-state index >= 15 is 0 Å². The third kappa shape index (κ3) is 13.6. The number of halogens is 1. The average Bonchev–Trinajstić information content (AvgIpc) is 2.72. The maximum absolute atomic E-state index is 7.17. The lowest BCUT2D eigenvalue weighted by molar-refractivity contribution is 0.531. The molecule has 0 aliphatic rings. The van der Waals surface area contributed by atoms with E-state index < -0.39 is 15.5 Å². The van der Waals surface area contributed by atoms with Crippen molar-refractivity contribution in [3.05, 3.63) is 23.8 Å². The van der Waals surface area contributed by atoms with E-state index in [0.717, 1.165) is 0 Å². The zero-order valence-electron chi connectivity index (χ0n) is 22.6. The summed E-state index contributed by atoms with van der Waals surface area (Å²) in [6.45, 7) is 14.2. The van der Waals surface area contributed by atoms with E-state index in [9.17, 15) is 0 Å². The van der Waals surface area contributed by atoms with Gasteiger partial charge in [0.2, 0.25) is 0 Å². The summed E-state index contributed by atoms with van der Waals surface area (Å²) in [6, 6.07) is 8.45. The fourth-order valence-corrected chi connectivity index (χ4v) is 8.98. The van der Waals surface area contributed by atoms with Gasteiger partial charge < -0.3 is 0 Å². The lowest BCUT2D eigenvalue weighted by Crippen LogP contribution is -2.45. The molecule has 1 rings (SSSR count). The molecule has 186 valence electrons. The van der Waals surface area contributed by atoms with Crippen LogP contribution in [0, 0.1) is 6.92 Å². The van der Waals surface area contributed by atoms with Gasteiger partial charge in [0, 0.05) is 0 Å². The number of hydrogen-bond donors (Lipinski definition) is 0. The summed E-state index contributed by atoms with van der Waals surface area (Å²) in [5.41, 5.74) is 1.39. The largest absolute Gasteiger partial charge is 0.183 e. The summed E-state index contributed by atoms with van der Waals surface area (Å²) < 4.78 is 0. The highest BCUT2D eigenvalue weighted by atomic mass is 35.6. The van der Waals surface area contributed by atoms with Gasteiger partial charge in [-0.25, -0.2) is 0 Å². The molecule has 0 nitrogen and oxygen atoms in total. The molecule has 0 amide bonds. The quantitative estimate of drug-likeness (QED) is 0.102. The predicted molar refractivity (Wildman–Crippen MR) is 156 cm³/mol. The van der Waals surface area contributed by atoms with Crippen molar-refractivity contribution in [3.63, 3.8) is 0 Å². The van der Waals surface area contributed by atoms with Crippen LogP contribution in [0.15, 0.2) is 18.2 Å². The molecule has 0 aliphatic heterocycles. The molecule has 0 heterocycles. The summed E-state index contributed by atoms with van der Waals surface area (Å²) in [6.07, 6.45) is 22.8. The number of unbranched alkanes of at least 4 members (excludes halogenated alkanes) is 15. The Morgan fingerprint density at radius 3 is 1.34 bits per heavy atom. The van der Waals surface area contributed by atoms with Crippen molar-refractivity contribution >= 4 is 36.9 Å². The Balaban J connectivity index is 2.08. The number of aryl methyl sites for hydroxylation is 1. The molecule has 32 heavy (non-hydrogen) atoms. The monoisotopic (exact) mass is 494 g/mol. The molecule has 1 unspecified atom stereocenters. The van der Waals surface area contributed by atoms with Crippen molar-refractivity contribution in [1.29, 1.82) is 0 Å². The van der Waals surface area contributed by atoms with Gasteiger partial charge in [-0.05, 0) is 18.2 Å². The van der Waals surface area contributed by atoms with Gasteiger partial charge in [0.05, 0.1) is 8.07 Å². The third-order valence-electron chi connectivity index (χ3n) is 7.05. The summed E-state index contributed by atoms with van der Waals surface area (Å²) in [4.78, 5) is 0. The van der Waals surface area contributed by atoms with Crippen molar-refractivity contribution in [2.24, 2.45) is 0 Å². The second kappa shape index (κ2) is 16.6. The van der Waals surface area contributed by atoms with Gasteiger partial charge in [0.25, 0.3) is 0 Å². The first-order valence-electron chi connectivity index (χ1n) is 14.0. The zero-order chi connectivity index (χ0) is 23.9. The zero-order valence-corrected chi connectivity index (χ0v) is 25.4. The molecular formula is C29H55ClSi2. The minimum atomic E-state index is -1.83. The second-order valence-corrected chi connectivity index (χ2v) is 22.6. The van der Waals surface area contributed by atoms with Gasteiger partial charge in [-0.3, -0.25) is 0 Å². The smallest absolute Gasteiger partial charge is 0.161 e. The van der Waals surface area contributed by atoms with Gasteiger partial charge in [-0.2, -0.15) is 11.1 Å². The Labute approximate surface area is 209 Å². The highest BCUT2D eigenvalue weighted by Gasteiger charge is 2.28. The molecule has 0 saturated carbocycles. The Kier molecular flexibility index (Phi) is 15.5. The summed E-state index contributed by atoms with van der Waals surface area (Å²) in [7, 11) is -3.12. The minimum Gasteiger partial charge on any atom is -0.161 e. The van der Waals surface area contributed by atoms with Crippen molar-refractivity contribution < 1.29 is 0 Å². The predicted octanol–water partition coefficient (Wildman–Crippen LogP) is 9.82. The molecule has 0 bridgehead atoms. The summed E-state index contributed by atoms with van der Waals surface area (Å²) in [5.74, 6) is 0. The summed E-state index contributed by atoms with van der Waals surface area (Å²) in [5, 5.41) is 3.04. The lowest BCUT2D eigenvalue weighted by Gasteiger charge is -2.25. The van der Waals surface area contributed by atoms with Crippen molar-refractivity contribution in [1.82, 2.24) is 0 Å². The van der Waals surface area contributed by atoms with Crippen LogP contribution in [0.25, 0.3) is 0 Å². The first kappa shape index (κ1) is 30.0. The third-order valence-corrected chi connectivity index (χ3v) is 13.1. The first-order chi connectivity index (χ1) is 15.2. The average molecular weight is 495 g/mol. The van der Waals surface area contributed by atoms with Crippen LogP contribution in [0.1, 0.15) is 115 Å². The van der Waals surface area contributed by atoms with Crippen LogP contribution in [0.3, 0.4) is 0 Å². The Morgan fingerprint density at radius 2 is 0.938 bits per heavy atom. The fraction of sp³-hybridized carbons (Fsp3) is 0.793. The van der Waals surface area contributed by atoms with Crippen molar-refractivity contribution in [2.45, 2.75) is 149 Å².